The van der Waals surface area contributed by atoms with Gasteiger partial charge in [-0.15, -0.1) is 17.5 Å². The first kappa shape index (κ1) is 38.7. The van der Waals surface area contributed by atoms with E-state index in [0.29, 0.717) is 48.4 Å². The summed E-state index contributed by atoms with van der Waals surface area (Å²) in [5.41, 5.74) is 9.01. The van der Waals surface area contributed by atoms with E-state index in [1.54, 1.807) is 24.3 Å². The van der Waals surface area contributed by atoms with Crippen LogP contribution in [0.4, 0.5) is 35.9 Å². The van der Waals surface area contributed by atoms with Crippen molar-refractivity contribution in [3.8, 4) is 0 Å². The number of nitrogens with zero attached hydrogens (tertiary/aromatic N) is 7. The molecule has 0 aliphatic carbocycles. The van der Waals surface area contributed by atoms with Gasteiger partial charge in [0.2, 0.25) is 0 Å². The molecule has 2 aliphatic rings. The third-order valence-electron chi connectivity index (χ3n) is 7.66. The van der Waals surface area contributed by atoms with Crippen LogP contribution < -0.4 is 20.9 Å². The number of nitrogens with one attached hydrogen (secondary N) is 1. The summed E-state index contributed by atoms with van der Waals surface area (Å²) >= 11 is 5.68. The van der Waals surface area contributed by atoms with Crippen LogP contribution >= 0.6 is 24.6 Å². The summed E-state index contributed by atoms with van der Waals surface area (Å²) in [6.07, 6.45) is 1.35. The summed E-state index contributed by atoms with van der Waals surface area (Å²) in [6.45, 7) is 12.8. The number of pyridine rings is 1. The van der Waals surface area contributed by atoms with Gasteiger partial charge in [0.15, 0.2) is 0 Å². The number of nitrogen functional groups attached to an aromatic ring is 1. The van der Waals surface area contributed by atoms with Crippen molar-refractivity contribution in [3.05, 3.63) is 94.9 Å². The van der Waals surface area contributed by atoms with Gasteiger partial charge in [-0.3, -0.25) is 4.98 Å². The highest BCUT2D eigenvalue weighted by Gasteiger charge is 2.31. The second kappa shape index (κ2) is 18.8. The molecule has 2 saturated heterocycles. The molecular formula is C34H42F3N9O2S2. The Balaban J connectivity index is 0.000000193. The Labute approximate surface area is 300 Å². The molecule has 0 radical (unpaired) electrons. The maximum atomic E-state index is 12.9. The lowest BCUT2D eigenvalue weighted by Gasteiger charge is -2.35. The molecule has 2 aromatic carbocycles. The van der Waals surface area contributed by atoms with Gasteiger partial charge in [0.05, 0.1) is 16.1 Å². The number of piperazine rings is 2. The van der Waals surface area contributed by atoms with Crippen molar-refractivity contribution in [3.63, 3.8) is 0 Å². The molecule has 4 aromatic rings. The monoisotopic (exact) mass is 729 g/mol. The quantitative estimate of drug-likeness (QED) is 0.0767. The van der Waals surface area contributed by atoms with Crippen molar-refractivity contribution in [1.82, 2.24) is 24.9 Å². The lowest BCUT2D eigenvalue weighted by molar-refractivity contribution is -0.137. The topological polar surface area (TPSA) is 129 Å². The van der Waals surface area contributed by atoms with E-state index < -0.39 is 11.7 Å². The molecule has 2 fully saturated rings. The average Bonchev–Trinajstić information content (AvgIpc) is 3.55. The second-order valence-corrected chi connectivity index (χ2v) is 13.4. The molecule has 3 N–H and O–H groups in total. The third kappa shape index (κ3) is 11.5. The van der Waals surface area contributed by atoms with E-state index in [1.807, 2.05) is 34.6 Å². The van der Waals surface area contributed by atoms with Crippen LogP contribution in [0.2, 0.25) is 0 Å². The number of hydrogen-bond acceptors (Lipinski definition) is 13. The van der Waals surface area contributed by atoms with Crippen molar-refractivity contribution >= 4 is 52.2 Å². The van der Waals surface area contributed by atoms with Crippen LogP contribution in [0.3, 0.4) is 0 Å². The molecule has 2 aromatic heterocycles. The summed E-state index contributed by atoms with van der Waals surface area (Å²) in [4.78, 5) is 20.8. The largest absolute Gasteiger partial charge is 0.416 e. The summed E-state index contributed by atoms with van der Waals surface area (Å²) < 4.78 is 45.2. The van der Waals surface area contributed by atoms with Crippen LogP contribution in [0.5, 0.6) is 0 Å². The van der Waals surface area contributed by atoms with Crippen LogP contribution in [-0.2, 0) is 6.18 Å². The van der Waals surface area contributed by atoms with Gasteiger partial charge in [-0.05, 0) is 77.6 Å². The predicted octanol–water partition coefficient (Wildman–Crippen LogP) is 7.31. The van der Waals surface area contributed by atoms with Crippen molar-refractivity contribution in [2.75, 3.05) is 67.9 Å². The molecule has 16 heteroatoms. The Morgan fingerprint density at radius 3 is 2.24 bits per heavy atom. The summed E-state index contributed by atoms with van der Waals surface area (Å²) in [5, 5.41) is 13.7. The lowest BCUT2D eigenvalue weighted by Crippen LogP contribution is -2.43. The van der Waals surface area contributed by atoms with Crippen LogP contribution in [0.25, 0.3) is 4.91 Å². The maximum absolute atomic E-state index is 12.9. The molecule has 0 bridgehead atoms. The maximum Gasteiger partial charge on any atom is 0.416 e. The fourth-order valence-electron chi connectivity index (χ4n) is 5.10. The second-order valence-electron chi connectivity index (χ2n) is 11.8. The van der Waals surface area contributed by atoms with E-state index in [-0.39, 0.29) is 5.69 Å². The van der Waals surface area contributed by atoms with Gasteiger partial charge in [0.25, 0.3) is 0 Å². The Morgan fingerprint density at radius 1 is 0.980 bits per heavy atom. The smallest absolute Gasteiger partial charge is 0.397 e. The number of benzene rings is 2. The normalized spacial score (nSPS) is 15.6. The first-order valence-corrected chi connectivity index (χ1v) is 17.3. The van der Waals surface area contributed by atoms with E-state index in [0.717, 1.165) is 48.5 Å². The molecular weight excluding hydrogens is 688 g/mol. The Hall–Kier alpha value is -4.12. The van der Waals surface area contributed by atoms with E-state index in [2.05, 4.69) is 73.9 Å². The molecule has 268 valence electrons. The van der Waals surface area contributed by atoms with Crippen LogP contribution in [-0.4, -0.2) is 72.0 Å². The number of alkyl halides is 3. The summed E-state index contributed by atoms with van der Waals surface area (Å²) in [6, 6.07) is 14.6. The highest BCUT2D eigenvalue weighted by Crippen LogP contribution is 2.37. The van der Waals surface area contributed by atoms with E-state index >= 15 is 0 Å². The summed E-state index contributed by atoms with van der Waals surface area (Å²) in [5.74, 6) is 0.452. The van der Waals surface area contributed by atoms with Gasteiger partial charge in [-0.25, -0.2) is 8.93 Å². The fourth-order valence-corrected chi connectivity index (χ4v) is 6.61. The highest BCUT2D eigenvalue weighted by molar-refractivity contribution is 7.97. The van der Waals surface area contributed by atoms with Crippen LogP contribution in [0, 0.1) is 17.7 Å². The molecule has 0 saturated carbocycles. The molecule has 50 heavy (non-hydrogen) atoms. The minimum Gasteiger partial charge on any atom is -0.397 e. The fraction of sp³-hybridized carbons (Fsp3) is 0.382. The summed E-state index contributed by atoms with van der Waals surface area (Å²) in [7, 11) is 0. The van der Waals surface area contributed by atoms with Gasteiger partial charge in [0.1, 0.15) is 17.1 Å². The Bertz CT molecular complexity index is 1680. The van der Waals surface area contributed by atoms with Crippen molar-refractivity contribution in [1.29, 1.82) is 0 Å². The lowest BCUT2D eigenvalue weighted by atomic mass is 10.1. The standard InChI is InChI=1S/C17H17F3N4OS.C9H13N3.C8H12N2OS/c18-17(19,20)12-3-1-4-13(11-12)23-7-9-24(10-8-23)26-15-6-2-5-14(21)16(15)22-25;1-3-10-4-2-9(1)12-7-5-11-6-8-12;1-5(2)4-7(12)8-6(3)9-11-10-8/h1-6,11H,7-10,21H2;1-4,11H,5-8H2;4-5,12H,1-3H3/b;;7-4+. The number of aromatic nitrogens is 3. The predicted molar refractivity (Wildman–Crippen MR) is 198 cm³/mol. The number of allylic oxidation sites excluding steroid dienone is 1. The highest BCUT2D eigenvalue weighted by atomic mass is 32.2. The van der Waals surface area contributed by atoms with Gasteiger partial charge in [0, 0.05) is 81.0 Å². The zero-order chi connectivity index (χ0) is 36.1. The zero-order valence-electron chi connectivity index (χ0n) is 28.2. The van der Waals surface area contributed by atoms with Crippen LogP contribution in [0.15, 0.2) is 87.8 Å². The van der Waals surface area contributed by atoms with Crippen molar-refractivity contribution < 1.29 is 17.8 Å². The average molecular weight is 730 g/mol. The third-order valence-corrected chi connectivity index (χ3v) is 9.17. The first-order valence-electron chi connectivity index (χ1n) is 16.1. The number of nitrogens with two attached hydrogens (primary N) is 1. The number of hydrogen-bond donors (Lipinski definition) is 3. The molecule has 0 spiro atoms. The zero-order valence-corrected chi connectivity index (χ0v) is 29.9. The molecule has 2 aliphatic heterocycles. The molecule has 4 heterocycles. The van der Waals surface area contributed by atoms with Gasteiger partial charge < -0.3 is 20.9 Å². The Kier molecular flexibility index (Phi) is 14.5. The van der Waals surface area contributed by atoms with Crippen LogP contribution in [0.1, 0.15) is 30.8 Å². The number of rotatable bonds is 7. The van der Waals surface area contributed by atoms with Gasteiger partial charge in [-0.1, -0.05) is 37.2 Å². The SMILES string of the molecule is Cc1nonc1/C(S)=C\C(C)C.Nc1cccc(SN2CCN(c3cccc(C(F)(F)F)c3)CC2)c1N=O.c1cc(N2CCNCC2)ccn1. The van der Waals surface area contributed by atoms with Gasteiger partial charge >= 0.3 is 6.18 Å². The van der Waals surface area contributed by atoms with Crippen molar-refractivity contribution in [2.24, 2.45) is 11.1 Å². The number of anilines is 3. The molecule has 0 unspecified atom stereocenters. The van der Waals surface area contributed by atoms with E-state index in [1.165, 1.54) is 29.8 Å². The minimum absolute atomic E-state index is 0.220. The number of nitroso groups, excluding NO2 is 1. The van der Waals surface area contributed by atoms with E-state index in [4.69, 9.17) is 5.73 Å². The van der Waals surface area contributed by atoms with Gasteiger partial charge in [-0.2, -0.15) is 13.2 Å². The van der Waals surface area contributed by atoms with E-state index in [9.17, 15) is 18.1 Å². The van der Waals surface area contributed by atoms with Crippen molar-refractivity contribution in [2.45, 2.75) is 31.8 Å². The molecule has 0 amide bonds. The number of thiol groups is 1. The molecule has 11 nitrogen and oxygen atoms in total. The minimum atomic E-state index is -4.35. The molecule has 0 atom stereocenters. The first-order chi connectivity index (χ1) is 24.0. The number of halogens is 3. The molecule has 6 rings (SSSR count). The number of aryl methyl sites for hydroxylation is 1. The Morgan fingerprint density at radius 2 is 1.64 bits per heavy atom.